The fourth-order valence-electron chi connectivity index (χ4n) is 4.58. The van der Waals surface area contributed by atoms with Gasteiger partial charge < -0.3 is 19.6 Å². The molecule has 6 nitrogen and oxygen atoms in total. The average molecular weight is 346 g/mol. The van der Waals surface area contributed by atoms with Crippen molar-refractivity contribution in [3.05, 3.63) is 12.4 Å². The van der Waals surface area contributed by atoms with Gasteiger partial charge >= 0.3 is 0 Å². The van der Waals surface area contributed by atoms with E-state index in [9.17, 15) is 5.11 Å². The van der Waals surface area contributed by atoms with Crippen molar-refractivity contribution >= 4 is 11.6 Å². The van der Waals surface area contributed by atoms with Crippen LogP contribution in [0, 0.1) is 11.8 Å². The van der Waals surface area contributed by atoms with E-state index >= 15 is 0 Å². The molecule has 3 aliphatic rings. The third-order valence-corrected chi connectivity index (χ3v) is 6.09. The molecule has 0 radical (unpaired) electrons. The van der Waals surface area contributed by atoms with E-state index in [1.807, 2.05) is 0 Å². The molecule has 6 heteroatoms. The van der Waals surface area contributed by atoms with Crippen molar-refractivity contribution in [1.82, 2.24) is 9.97 Å². The molecule has 0 spiro atoms. The van der Waals surface area contributed by atoms with Gasteiger partial charge in [-0.2, -0.15) is 0 Å². The van der Waals surface area contributed by atoms with E-state index in [1.165, 1.54) is 25.7 Å². The van der Waals surface area contributed by atoms with Gasteiger partial charge in [-0.05, 0) is 50.4 Å². The van der Waals surface area contributed by atoms with Crippen LogP contribution < -0.4 is 9.80 Å². The largest absolute Gasteiger partial charge is 0.396 e. The second-order valence-corrected chi connectivity index (χ2v) is 7.75. The summed E-state index contributed by atoms with van der Waals surface area (Å²) >= 11 is 0. The monoisotopic (exact) mass is 346 g/mol. The molecule has 4 rings (SSSR count). The number of ether oxygens (including phenoxy) is 1. The van der Waals surface area contributed by atoms with Crippen molar-refractivity contribution in [1.29, 1.82) is 0 Å². The molecule has 2 unspecified atom stereocenters. The number of aliphatic hydroxyl groups excluding tert-OH is 1. The highest BCUT2D eigenvalue weighted by Gasteiger charge is 2.30. The molecule has 3 fully saturated rings. The van der Waals surface area contributed by atoms with E-state index in [2.05, 4.69) is 25.8 Å². The molecule has 3 saturated heterocycles. The molecule has 4 heterocycles. The van der Waals surface area contributed by atoms with Gasteiger partial charge in [0, 0.05) is 45.5 Å². The van der Waals surface area contributed by atoms with Crippen LogP contribution in [0.4, 0.5) is 11.6 Å². The lowest BCUT2D eigenvalue weighted by atomic mass is 9.90. The van der Waals surface area contributed by atoms with Crippen molar-refractivity contribution in [2.75, 3.05) is 49.2 Å². The summed E-state index contributed by atoms with van der Waals surface area (Å²) in [6.45, 7) is 5.25. The van der Waals surface area contributed by atoms with Crippen LogP contribution in [-0.2, 0) is 4.74 Å². The SMILES string of the molecule is OCC1CCCN(c2cc(N3CCC(C4CCCO4)CC3)ncn2)C1. The second-order valence-electron chi connectivity index (χ2n) is 7.75. The summed E-state index contributed by atoms with van der Waals surface area (Å²) in [4.78, 5) is 13.7. The summed E-state index contributed by atoms with van der Waals surface area (Å²) in [5, 5.41) is 9.45. The zero-order valence-electron chi connectivity index (χ0n) is 15.0. The molecule has 1 aromatic rings. The van der Waals surface area contributed by atoms with Gasteiger partial charge in [-0.1, -0.05) is 0 Å². The van der Waals surface area contributed by atoms with Crippen LogP contribution in [0.1, 0.15) is 38.5 Å². The Kier molecular flexibility index (Phi) is 5.36. The predicted octanol–water partition coefficient (Wildman–Crippen LogP) is 2.08. The van der Waals surface area contributed by atoms with E-state index < -0.39 is 0 Å². The van der Waals surface area contributed by atoms with Gasteiger partial charge in [0.25, 0.3) is 0 Å². The number of anilines is 2. The van der Waals surface area contributed by atoms with Crippen molar-refractivity contribution in [3.8, 4) is 0 Å². The van der Waals surface area contributed by atoms with Gasteiger partial charge in [0.15, 0.2) is 0 Å². The highest BCUT2D eigenvalue weighted by Crippen LogP contribution is 2.31. The van der Waals surface area contributed by atoms with Crippen LogP contribution in [0.5, 0.6) is 0 Å². The van der Waals surface area contributed by atoms with Crippen LogP contribution in [-0.4, -0.2) is 60.6 Å². The second kappa shape index (κ2) is 7.87. The summed E-state index contributed by atoms with van der Waals surface area (Å²) in [5.41, 5.74) is 0. The van der Waals surface area contributed by atoms with Crippen molar-refractivity contribution < 1.29 is 9.84 Å². The lowest BCUT2D eigenvalue weighted by Crippen LogP contribution is -2.39. The molecule has 0 aliphatic carbocycles. The number of aliphatic hydroxyl groups is 1. The highest BCUT2D eigenvalue weighted by atomic mass is 16.5. The number of nitrogens with zero attached hydrogens (tertiary/aromatic N) is 4. The third kappa shape index (κ3) is 3.90. The third-order valence-electron chi connectivity index (χ3n) is 6.09. The first-order valence-corrected chi connectivity index (χ1v) is 9.88. The number of hydrogen-bond acceptors (Lipinski definition) is 6. The Morgan fingerprint density at radius 1 is 1.00 bits per heavy atom. The molecule has 2 atom stereocenters. The first kappa shape index (κ1) is 17.0. The van der Waals surface area contributed by atoms with Crippen molar-refractivity contribution in [2.24, 2.45) is 11.8 Å². The first-order chi connectivity index (χ1) is 12.3. The zero-order valence-corrected chi connectivity index (χ0v) is 15.0. The Bertz CT molecular complexity index is 556. The molecule has 0 aromatic carbocycles. The topological polar surface area (TPSA) is 61.7 Å². The first-order valence-electron chi connectivity index (χ1n) is 9.88. The van der Waals surface area contributed by atoms with Gasteiger partial charge in [-0.25, -0.2) is 9.97 Å². The predicted molar refractivity (Wildman–Crippen MR) is 98.0 cm³/mol. The van der Waals surface area contributed by atoms with Gasteiger partial charge in [0.05, 0.1) is 6.10 Å². The Labute approximate surface area is 150 Å². The van der Waals surface area contributed by atoms with E-state index in [0.29, 0.717) is 17.9 Å². The molecule has 0 bridgehead atoms. The van der Waals surface area contributed by atoms with Crippen molar-refractivity contribution in [2.45, 2.75) is 44.6 Å². The summed E-state index contributed by atoms with van der Waals surface area (Å²) in [7, 11) is 0. The smallest absolute Gasteiger partial charge is 0.134 e. The average Bonchev–Trinajstić information content (AvgIpc) is 3.23. The quantitative estimate of drug-likeness (QED) is 0.901. The molecule has 0 amide bonds. The normalized spacial score (nSPS) is 28.5. The molecular formula is C19H30N4O2. The van der Waals surface area contributed by atoms with Gasteiger partial charge in [-0.15, -0.1) is 0 Å². The minimum absolute atomic E-state index is 0.269. The Morgan fingerprint density at radius 3 is 2.52 bits per heavy atom. The number of aromatic nitrogens is 2. The number of rotatable bonds is 4. The van der Waals surface area contributed by atoms with Crippen LogP contribution in [0.2, 0.25) is 0 Å². The number of hydrogen-bond donors (Lipinski definition) is 1. The molecular weight excluding hydrogens is 316 g/mol. The Hall–Kier alpha value is -1.40. The molecule has 0 saturated carbocycles. The lowest BCUT2D eigenvalue weighted by Gasteiger charge is -2.36. The van der Waals surface area contributed by atoms with Gasteiger partial charge in [0.1, 0.15) is 18.0 Å². The van der Waals surface area contributed by atoms with E-state index in [0.717, 1.165) is 57.3 Å². The van der Waals surface area contributed by atoms with E-state index in [-0.39, 0.29) is 6.61 Å². The maximum Gasteiger partial charge on any atom is 0.134 e. The highest BCUT2D eigenvalue weighted by molar-refractivity contribution is 5.50. The van der Waals surface area contributed by atoms with E-state index in [1.54, 1.807) is 6.33 Å². The van der Waals surface area contributed by atoms with Crippen LogP contribution in [0.15, 0.2) is 12.4 Å². The molecule has 25 heavy (non-hydrogen) atoms. The molecule has 1 N–H and O–H groups in total. The zero-order chi connectivity index (χ0) is 17.1. The number of piperidine rings is 2. The summed E-state index contributed by atoms with van der Waals surface area (Å²) in [5.74, 6) is 3.13. The summed E-state index contributed by atoms with van der Waals surface area (Å²) < 4.78 is 5.88. The van der Waals surface area contributed by atoms with Crippen LogP contribution in [0.25, 0.3) is 0 Å². The molecule has 3 aliphatic heterocycles. The van der Waals surface area contributed by atoms with Crippen LogP contribution in [0.3, 0.4) is 0 Å². The van der Waals surface area contributed by atoms with E-state index in [4.69, 9.17) is 4.74 Å². The van der Waals surface area contributed by atoms with Gasteiger partial charge in [-0.3, -0.25) is 0 Å². The Balaban J connectivity index is 1.38. The summed E-state index contributed by atoms with van der Waals surface area (Å²) in [6, 6.07) is 2.13. The van der Waals surface area contributed by atoms with Crippen molar-refractivity contribution in [3.63, 3.8) is 0 Å². The fraction of sp³-hybridized carbons (Fsp3) is 0.789. The minimum atomic E-state index is 0.269. The van der Waals surface area contributed by atoms with Crippen LogP contribution >= 0.6 is 0 Å². The Morgan fingerprint density at radius 2 is 1.80 bits per heavy atom. The lowest BCUT2D eigenvalue weighted by molar-refractivity contribution is 0.0531. The van der Waals surface area contributed by atoms with Gasteiger partial charge in [0.2, 0.25) is 0 Å². The minimum Gasteiger partial charge on any atom is -0.396 e. The molecule has 1 aromatic heterocycles. The summed E-state index contributed by atoms with van der Waals surface area (Å²) in [6.07, 6.45) is 9.28. The maximum atomic E-state index is 9.45. The maximum absolute atomic E-state index is 9.45. The fourth-order valence-corrected chi connectivity index (χ4v) is 4.58. The molecule has 138 valence electrons. The standard InChI is InChI=1S/C19H30N4O2/c24-13-15-3-1-7-23(12-15)19-11-18(20-14-21-19)22-8-5-16(6-9-22)17-4-2-10-25-17/h11,14-17,24H,1-10,12-13H2.